The highest BCUT2D eigenvalue weighted by atomic mass is 32.2. The third kappa shape index (κ3) is 4.57. The molecule has 0 saturated heterocycles. The fourth-order valence-electron chi connectivity index (χ4n) is 2.81. The van der Waals surface area contributed by atoms with Crippen molar-refractivity contribution in [2.75, 3.05) is 13.7 Å². The van der Waals surface area contributed by atoms with Gasteiger partial charge in [0.05, 0.1) is 17.7 Å². The molecule has 1 N–H and O–H groups in total. The summed E-state index contributed by atoms with van der Waals surface area (Å²) in [7, 11) is -2.07. The molecule has 3 aromatic rings. The van der Waals surface area contributed by atoms with Gasteiger partial charge in [-0.1, -0.05) is 12.1 Å². The summed E-state index contributed by atoms with van der Waals surface area (Å²) < 4.78 is 46.2. The van der Waals surface area contributed by atoms with Gasteiger partial charge in [-0.05, 0) is 56.2 Å². The van der Waals surface area contributed by atoms with E-state index in [0.717, 1.165) is 21.1 Å². The number of hydrogen-bond acceptors (Lipinski definition) is 5. The van der Waals surface area contributed by atoms with Crippen molar-refractivity contribution in [3.8, 4) is 16.3 Å². The lowest BCUT2D eigenvalue weighted by Gasteiger charge is -2.09. The van der Waals surface area contributed by atoms with Crippen LogP contribution in [0.2, 0.25) is 0 Å². The predicted molar refractivity (Wildman–Crippen MR) is 109 cm³/mol. The van der Waals surface area contributed by atoms with Crippen molar-refractivity contribution in [2.45, 2.75) is 25.2 Å². The summed E-state index contributed by atoms with van der Waals surface area (Å²) in [5, 5.41) is 0.723. The highest BCUT2D eigenvalue weighted by molar-refractivity contribution is 7.89. The molecular weight excluding hydrogens is 399 g/mol. The summed E-state index contributed by atoms with van der Waals surface area (Å²) in [6.07, 6.45) is 0.507. The molecule has 148 valence electrons. The predicted octanol–water partition coefficient (Wildman–Crippen LogP) is 4.10. The molecule has 0 bridgehead atoms. The quantitative estimate of drug-likeness (QED) is 0.625. The van der Waals surface area contributed by atoms with Gasteiger partial charge in [0.1, 0.15) is 16.6 Å². The van der Waals surface area contributed by atoms with Crippen LogP contribution in [0.5, 0.6) is 5.75 Å². The Morgan fingerprint density at radius 2 is 1.96 bits per heavy atom. The fourth-order valence-corrected chi connectivity index (χ4v) is 4.98. The van der Waals surface area contributed by atoms with Crippen molar-refractivity contribution >= 4 is 21.4 Å². The van der Waals surface area contributed by atoms with Gasteiger partial charge in [-0.3, -0.25) is 0 Å². The van der Waals surface area contributed by atoms with Gasteiger partial charge in [0.25, 0.3) is 0 Å². The number of hydrogen-bond donors (Lipinski definition) is 1. The van der Waals surface area contributed by atoms with Gasteiger partial charge in [0, 0.05) is 17.0 Å². The van der Waals surface area contributed by atoms with Gasteiger partial charge in [-0.25, -0.2) is 22.5 Å². The van der Waals surface area contributed by atoms with Crippen LogP contribution >= 0.6 is 11.3 Å². The maximum absolute atomic E-state index is 13.4. The molecule has 5 nitrogen and oxygen atoms in total. The van der Waals surface area contributed by atoms with Crippen LogP contribution in [0.4, 0.5) is 4.39 Å². The van der Waals surface area contributed by atoms with Crippen LogP contribution in [0.3, 0.4) is 0 Å². The van der Waals surface area contributed by atoms with E-state index in [0.29, 0.717) is 17.7 Å². The van der Waals surface area contributed by atoms with E-state index < -0.39 is 10.0 Å². The van der Waals surface area contributed by atoms with Gasteiger partial charge in [0.2, 0.25) is 10.0 Å². The summed E-state index contributed by atoms with van der Waals surface area (Å²) >= 11 is 1.45. The zero-order valence-electron chi connectivity index (χ0n) is 15.8. The molecule has 0 radical (unpaired) electrons. The highest BCUT2D eigenvalue weighted by Crippen LogP contribution is 2.28. The molecule has 2 aromatic carbocycles. The average molecular weight is 421 g/mol. The maximum Gasteiger partial charge on any atom is 0.240 e. The minimum Gasteiger partial charge on any atom is -0.496 e. The molecule has 0 aliphatic rings. The second-order valence-corrected chi connectivity index (χ2v) is 9.17. The van der Waals surface area contributed by atoms with Gasteiger partial charge >= 0.3 is 0 Å². The number of aromatic nitrogens is 1. The number of nitrogens with zero attached hydrogens (tertiary/aromatic N) is 1. The zero-order chi connectivity index (χ0) is 20.3. The van der Waals surface area contributed by atoms with Gasteiger partial charge in [0.15, 0.2) is 0 Å². The smallest absolute Gasteiger partial charge is 0.240 e. The largest absolute Gasteiger partial charge is 0.496 e. The van der Waals surface area contributed by atoms with E-state index in [1.54, 1.807) is 38.3 Å². The van der Waals surface area contributed by atoms with E-state index >= 15 is 0 Å². The summed E-state index contributed by atoms with van der Waals surface area (Å²) in [5.74, 6) is 0.332. The molecule has 0 saturated carbocycles. The van der Waals surface area contributed by atoms with Gasteiger partial charge < -0.3 is 4.74 Å². The first-order valence-corrected chi connectivity index (χ1v) is 11.0. The van der Waals surface area contributed by atoms with E-state index in [2.05, 4.69) is 9.71 Å². The molecule has 0 fully saturated rings. The lowest BCUT2D eigenvalue weighted by molar-refractivity contribution is 0.411. The third-order valence-electron chi connectivity index (χ3n) is 4.28. The van der Waals surface area contributed by atoms with E-state index in [9.17, 15) is 12.8 Å². The molecule has 0 atom stereocenters. The number of rotatable bonds is 7. The van der Waals surface area contributed by atoms with Crippen LogP contribution in [-0.2, 0) is 16.4 Å². The number of nitrogens with one attached hydrogen (secondary N) is 1. The normalized spacial score (nSPS) is 11.6. The number of sulfonamides is 1. The van der Waals surface area contributed by atoms with Crippen LogP contribution in [0.15, 0.2) is 47.4 Å². The van der Waals surface area contributed by atoms with Crippen LogP contribution in [-0.4, -0.2) is 27.1 Å². The molecule has 0 unspecified atom stereocenters. The lowest BCUT2D eigenvalue weighted by Crippen LogP contribution is -2.26. The van der Waals surface area contributed by atoms with Gasteiger partial charge in [-0.2, -0.15) is 0 Å². The van der Waals surface area contributed by atoms with Gasteiger partial charge in [-0.15, -0.1) is 11.3 Å². The summed E-state index contributed by atoms with van der Waals surface area (Å²) in [6.45, 7) is 3.92. The molecule has 0 aliphatic heterocycles. The Labute approximate surface area is 168 Å². The first kappa shape index (κ1) is 20.4. The van der Waals surface area contributed by atoms with Crippen LogP contribution in [0.1, 0.15) is 16.1 Å². The SMILES string of the molecule is COc1ccc(S(=O)(=O)NCCc2sc(-c3cccc(F)c3)nc2C)cc1C. The Balaban J connectivity index is 1.68. The molecule has 0 aliphatic carbocycles. The van der Waals surface area contributed by atoms with Crippen molar-refractivity contribution < 1.29 is 17.5 Å². The van der Waals surface area contributed by atoms with Crippen LogP contribution in [0.25, 0.3) is 10.6 Å². The van der Waals surface area contributed by atoms with E-state index in [-0.39, 0.29) is 17.3 Å². The van der Waals surface area contributed by atoms with Crippen molar-refractivity contribution in [2.24, 2.45) is 0 Å². The number of benzene rings is 2. The molecule has 8 heteroatoms. The monoisotopic (exact) mass is 420 g/mol. The molecular formula is C20H21FN2O3S2. The topological polar surface area (TPSA) is 68.3 Å². The minimum absolute atomic E-state index is 0.201. The zero-order valence-corrected chi connectivity index (χ0v) is 17.5. The van der Waals surface area contributed by atoms with Crippen molar-refractivity contribution in [3.05, 3.63) is 64.4 Å². The number of aryl methyl sites for hydroxylation is 2. The average Bonchev–Trinajstić information content (AvgIpc) is 3.02. The van der Waals surface area contributed by atoms with Crippen molar-refractivity contribution in [3.63, 3.8) is 0 Å². The summed E-state index contributed by atoms with van der Waals surface area (Å²) in [5.41, 5.74) is 2.29. The Kier molecular flexibility index (Phi) is 6.12. The molecule has 0 spiro atoms. The highest BCUT2D eigenvalue weighted by Gasteiger charge is 2.16. The Morgan fingerprint density at radius 3 is 2.64 bits per heavy atom. The molecule has 3 rings (SSSR count). The van der Waals surface area contributed by atoms with E-state index in [4.69, 9.17) is 4.74 Å². The first-order chi connectivity index (χ1) is 13.3. The lowest BCUT2D eigenvalue weighted by atomic mass is 10.2. The van der Waals surface area contributed by atoms with E-state index in [1.165, 1.54) is 29.5 Å². The third-order valence-corrected chi connectivity index (χ3v) is 7.01. The Morgan fingerprint density at radius 1 is 1.18 bits per heavy atom. The fraction of sp³-hybridized carbons (Fsp3) is 0.250. The maximum atomic E-state index is 13.4. The Hall–Kier alpha value is -2.29. The number of methoxy groups -OCH3 is 1. The number of thiazole rings is 1. The molecule has 0 amide bonds. The first-order valence-electron chi connectivity index (χ1n) is 8.66. The summed E-state index contributed by atoms with van der Waals surface area (Å²) in [4.78, 5) is 5.65. The standard InChI is InChI=1S/C20H21FN2O3S2/c1-13-11-17(7-8-18(13)26-3)28(24,25)22-10-9-19-14(2)23-20(27-19)15-5-4-6-16(21)12-15/h4-8,11-12,22H,9-10H2,1-3H3. The van der Waals surface area contributed by atoms with Crippen LogP contribution < -0.4 is 9.46 Å². The van der Waals surface area contributed by atoms with Crippen molar-refractivity contribution in [1.29, 1.82) is 0 Å². The van der Waals surface area contributed by atoms with Crippen LogP contribution in [0, 0.1) is 19.7 Å². The molecule has 28 heavy (non-hydrogen) atoms. The summed E-state index contributed by atoms with van der Waals surface area (Å²) in [6, 6.07) is 11.0. The second kappa shape index (κ2) is 8.38. The molecule has 1 aromatic heterocycles. The van der Waals surface area contributed by atoms with E-state index in [1.807, 2.05) is 6.92 Å². The second-order valence-electron chi connectivity index (χ2n) is 6.32. The number of halogens is 1. The van der Waals surface area contributed by atoms with Crippen molar-refractivity contribution in [1.82, 2.24) is 9.71 Å². The molecule has 1 heterocycles. The Bertz CT molecular complexity index is 1090. The number of ether oxygens (including phenoxy) is 1. The minimum atomic E-state index is -3.61.